The van der Waals surface area contributed by atoms with Crippen LogP contribution in [0.2, 0.25) is 0 Å². The largest absolute Gasteiger partial charge is 0.390 e. The number of hydrogen-bond donors (Lipinski definition) is 2. The van der Waals surface area contributed by atoms with Crippen LogP contribution in [-0.2, 0) is 0 Å². The fourth-order valence-electron chi connectivity index (χ4n) is 2.91. The minimum Gasteiger partial charge on any atom is -0.390 e. The summed E-state index contributed by atoms with van der Waals surface area (Å²) in [4.78, 5) is 2.49. The average molecular weight is 198 g/mol. The van der Waals surface area contributed by atoms with Crippen LogP contribution in [-0.4, -0.2) is 47.8 Å². The van der Waals surface area contributed by atoms with Crippen LogP contribution in [0, 0.1) is 5.92 Å². The van der Waals surface area contributed by atoms with Crippen molar-refractivity contribution in [3.63, 3.8) is 0 Å². The van der Waals surface area contributed by atoms with E-state index in [1.165, 1.54) is 12.8 Å². The summed E-state index contributed by atoms with van der Waals surface area (Å²) in [5, 5.41) is 13.1. The zero-order valence-electron chi connectivity index (χ0n) is 9.24. The first-order chi connectivity index (χ1) is 6.68. The molecular weight excluding hydrogens is 176 g/mol. The topological polar surface area (TPSA) is 35.5 Å². The fourth-order valence-corrected chi connectivity index (χ4v) is 2.91. The molecule has 0 bridgehead atoms. The van der Waals surface area contributed by atoms with Gasteiger partial charge in [-0.15, -0.1) is 0 Å². The molecule has 14 heavy (non-hydrogen) atoms. The summed E-state index contributed by atoms with van der Waals surface area (Å²) >= 11 is 0. The molecule has 82 valence electrons. The Balaban J connectivity index is 1.96. The highest BCUT2D eigenvalue weighted by Crippen LogP contribution is 2.25. The van der Waals surface area contributed by atoms with Crippen molar-refractivity contribution in [2.24, 2.45) is 5.92 Å². The molecule has 0 amide bonds. The van der Waals surface area contributed by atoms with E-state index in [1.54, 1.807) is 0 Å². The van der Waals surface area contributed by atoms with Crippen LogP contribution in [0.3, 0.4) is 0 Å². The lowest BCUT2D eigenvalue weighted by atomic mass is 9.91. The second-order valence-electron chi connectivity index (χ2n) is 5.01. The SMILES string of the molecule is CC1CCN([C@@H]2CNC[C@H]2O)C(C)C1. The molecule has 2 aliphatic rings. The quantitative estimate of drug-likeness (QED) is 0.642. The van der Waals surface area contributed by atoms with Gasteiger partial charge >= 0.3 is 0 Å². The van der Waals surface area contributed by atoms with Crippen LogP contribution >= 0.6 is 0 Å². The summed E-state index contributed by atoms with van der Waals surface area (Å²) in [6, 6.07) is 0.996. The van der Waals surface area contributed by atoms with Crippen molar-refractivity contribution in [3.8, 4) is 0 Å². The summed E-state index contributed by atoms with van der Waals surface area (Å²) in [6.45, 7) is 7.51. The van der Waals surface area contributed by atoms with Crippen molar-refractivity contribution in [1.29, 1.82) is 0 Å². The van der Waals surface area contributed by atoms with Crippen molar-refractivity contribution < 1.29 is 5.11 Å². The van der Waals surface area contributed by atoms with Crippen LogP contribution in [0.4, 0.5) is 0 Å². The van der Waals surface area contributed by atoms with E-state index in [2.05, 4.69) is 24.1 Å². The van der Waals surface area contributed by atoms with E-state index in [-0.39, 0.29) is 6.10 Å². The summed E-state index contributed by atoms with van der Waals surface area (Å²) in [7, 11) is 0. The number of hydrogen-bond acceptors (Lipinski definition) is 3. The molecule has 0 saturated carbocycles. The molecule has 2 saturated heterocycles. The third-order valence-electron chi connectivity index (χ3n) is 3.77. The fraction of sp³-hybridized carbons (Fsp3) is 1.00. The molecule has 2 N–H and O–H groups in total. The molecule has 0 radical (unpaired) electrons. The van der Waals surface area contributed by atoms with Gasteiger partial charge in [-0.3, -0.25) is 4.90 Å². The summed E-state index contributed by atoms with van der Waals surface area (Å²) in [5.74, 6) is 0.854. The average Bonchev–Trinajstić information content (AvgIpc) is 2.52. The number of piperidine rings is 1. The number of rotatable bonds is 1. The Bertz CT molecular complexity index is 198. The molecule has 2 rings (SSSR count). The Morgan fingerprint density at radius 3 is 2.64 bits per heavy atom. The lowest BCUT2D eigenvalue weighted by molar-refractivity contribution is 0.0286. The van der Waals surface area contributed by atoms with Crippen LogP contribution in [0.25, 0.3) is 0 Å². The monoisotopic (exact) mass is 198 g/mol. The molecule has 2 fully saturated rings. The molecule has 0 aliphatic carbocycles. The van der Waals surface area contributed by atoms with Gasteiger partial charge in [0.05, 0.1) is 6.10 Å². The van der Waals surface area contributed by atoms with Gasteiger partial charge in [0.2, 0.25) is 0 Å². The first kappa shape index (κ1) is 10.4. The summed E-state index contributed by atoms with van der Waals surface area (Å²) in [5.41, 5.74) is 0. The number of aliphatic hydroxyl groups excluding tert-OH is 1. The van der Waals surface area contributed by atoms with Gasteiger partial charge in [-0.25, -0.2) is 0 Å². The van der Waals surface area contributed by atoms with E-state index in [4.69, 9.17) is 0 Å². The van der Waals surface area contributed by atoms with Gasteiger partial charge in [-0.2, -0.15) is 0 Å². The normalized spacial score (nSPS) is 45.6. The molecule has 2 aliphatic heterocycles. The Morgan fingerprint density at radius 2 is 2.07 bits per heavy atom. The van der Waals surface area contributed by atoms with Crippen molar-refractivity contribution >= 4 is 0 Å². The first-order valence-corrected chi connectivity index (χ1v) is 5.83. The summed E-state index contributed by atoms with van der Waals surface area (Å²) in [6.07, 6.45) is 2.41. The van der Waals surface area contributed by atoms with E-state index in [1.807, 2.05) is 0 Å². The standard InChI is InChI=1S/C11H22N2O/c1-8-3-4-13(9(2)5-8)10-6-12-7-11(10)14/h8-12,14H,3-7H2,1-2H3/t8?,9?,10-,11-/m1/s1. The Kier molecular flexibility index (Phi) is 3.10. The molecule has 3 nitrogen and oxygen atoms in total. The third-order valence-corrected chi connectivity index (χ3v) is 3.77. The lowest BCUT2D eigenvalue weighted by Crippen LogP contribution is -2.51. The van der Waals surface area contributed by atoms with E-state index in [0.717, 1.165) is 25.6 Å². The van der Waals surface area contributed by atoms with Crippen LogP contribution < -0.4 is 5.32 Å². The third kappa shape index (κ3) is 1.95. The van der Waals surface area contributed by atoms with E-state index >= 15 is 0 Å². The second kappa shape index (κ2) is 4.17. The van der Waals surface area contributed by atoms with E-state index < -0.39 is 0 Å². The number of β-amino-alcohol motifs (C(OH)–C–C–N with tert-alkyl or cyclic N) is 1. The Morgan fingerprint density at radius 1 is 1.29 bits per heavy atom. The van der Waals surface area contributed by atoms with Gasteiger partial charge in [0.25, 0.3) is 0 Å². The van der Waals surface area contributed by atoms with Gasteiger partial charge in [-0.1, -0.05) is 6.92 Å². The predicted molar refractivity (Wildman–Crippen MR) is 57.2 cm³/mol. The van der Waals surface area contributed by atoms with Crippen molar-refractivity contribution in [2.45, 2.75) is 44.9 Å². The number of aliphatic hydroxyl groups is 1. The highest BCUT2D eigenvalue weighted by atomic mass is 16.3. The maximum atomic E-state index is 9.82. The molecule has 0 spiro atoms. The van der Waals surface area contributed by atoms with Crippen LogP contribution in [0.1, 0.15) is 26.7 Å². The smallest absolute Gasteiger partial charge is 0.0831 e. The number of nitrogens with one attached hydrogen (secondary N) is 1. The molecule has 2 unspecified atom stereocenters. The molecule has 0 aromatic rings. The zero-order chi connectivity index (χ0) is 10.1. The maximum Gasteiger partial charge on any atom is 0.0831 e. The van der Waals surface area contributed by atoms with E-state index in [0.29, 0.717) is 12.1 Å². The number of likely N-dealkylation sites (tertiary alicyclic amines) is 1. The highest BCUT2D eigenvalue weighted by Gasteiger charge is 2.35. The highest BCUT2D eigenvalue weighted by molar-refractivity contribution is 4.92. The minimum atomic E-state index is -0.161. The molecular formula is C11H22N2O. The van der Waals surface area contributed by atoms with Gasteiger partial charge in [0, 0.05) is 25.2 Å². The molecule has 0 aromatic heterocycles. The molecule has 4 atom stereocenters. The molecule has 3 heteroatoms. The maximum absolute atomic E-state index is 9.82. The minimum absolute atomic E-state index is 0.161. The Labute approximate surface area is 86.5 Å². The van der Waals surface area contributed by atoms with Crippen LogP contribution in [0.15, 0.2) is 0 Å². The molecule has 0 aromatic carbocycles. The zero-order valence-corrected chi connectivity index (χ0v) is 9.24. The Hall–Kier alpha value is -0.120. The van der Waals surface area contributed by atoms with Crippen LogP contribution in [0.5, 0.6) is 0 Å². The van der Waals surface area contributed by atoms with E-state index in [9.17, 15) is 5.11 Å². The van der Waals surface area contributed by atoms with Gasteiger partial charge in [0.1, 0.15) is 0 Å². The van der Waals surface area contributed by atoms with Crippen molar-refractivity contribution in [2.75, 3.05) is 19.6 Å². The van der Waals surface area contributed by atoms with Gasteiger partial charge in [0.15, 0.2) is 0 Å². The molecule has 2 heterocycles. The first-order valence-electron chi connectivity index (χ1n) is 5.83. The predicted octanol–water partition coefficient (Wildman–Crippen LogP) is 0.439. The van der Waals surface area contributed by atoms with Gasteiger partial charge in [-0.05, 0) is 32.2 Å². The van der Waals surface area contributed by atoms with Crippen molar-refractivity contribution in [1.82, 2.24) is 10.2 Å². The number of nitrogens with zero attached hydrogens (tertiary/aromatic N) is 1. The summed E-state index contributed by atoms with van der Waals surface area (Å²) < 4.78 is 0. The second-order valence-corrected chi connectivity index (χ2v) is 5.01. The van der Waals surface area contributed by atoms with Gasteiger partial charge < -0.3 is 10.4 Å². The lowest BCUT2D eigenvalue weighted by Gasteiger charge is -2.41. The van der Waals surface area contributed by atoms with Crippen molar-refractivity contribution in [3.05, 3.63) is 0 Å².